The van der Waals surface area contributed by atoms with Crippen LogP contribution in [0, 0.1) is 0 Å². The Labute approximate surface area is 153 Å². The first kappa shape index (κ1) is 17.6. The van der Waals surface area contributed by atoms with E-state index in [2.05, 4.69) is 15.4 Å². The molecule has 0 bridgehead atoms. The number of hydrogen-bond donors (Lipinski definition) is 1. The zero-order valence-electron chi connectivity index (χ0n) is 13.2. The van der Waals surface area contributed by atoms with Crippen LogP contribution in [0.25, 0.3) is 11.3 Å². The fourth-order valence-electron chi connectivity index (χ4n) is 2.09. The van der Waals surface area contributed by atoms with E-state index in [1.54, 1.807) is 23.3 Å². The first-order valence-electron chi connectivity index (χ1n) is 6.99. The van der Waals surface area contributed by atoms with Gasteiger partial charge in [-0.1, -0.05) is 11.6 Å². The number of nitrogens with zero attached hydrogens (tertiary/aromatic N) is 3. The Morgan fingerprint density at radius 1 is 1.36 bits per heavy atom. The molecule has 0 radical (unpaired) electrons. The average Bonchev–Trinajstić information content (AvgIpc) is 3.15. The van der Waals surface area contributed by atoms with Gasteiger partial charge in [-0.15, -0.1) is 11.3 Å². The molecule has 0 atom stereocenters. The number of halogens is 1. The van der Waals surface area contributed by atoms with E-state index < -0.39 is 15.7 Å². The summed E-state index contributed by atoms with van der Waals surface area (Å²) in [5, 5.41) is 9.04. The molecule has 0 spiro atoms. The van der Waals surface area contributed by atoms with E-state index in [-0.39, 0.29) is 15.5 Å². The van der Waals surface area contributed by atoms with E-state index in [1.165, 1.54) is 29.5 Å². The fourth-order valence-corrected chi connectivity index (χ4v) is 3.66. The van der Waals surface area contributed by atoms with Crippen molar-refractivity contribution in [1.29, 1.82) is 0 Å². The summed E-state index contributed by atoms with van der Waals surface area (Å²) in [5.41, 5.74) is 1.59. The van der Waals surface area contributed by atoms with E-state index in [9.17, 15) is 13.2 Å². The predicted molar refractivity (Wildman–Crippen MR) is 96.8 cm³/mol. The van der Waals surface area contributed by atoms with E-state index in [4.69, 9.17) is 11.6 Å². The summed E-state index contributed by atoms with van der Waals surface area (Å²) in [7, 11) is -1.64. The Balaban J connectivity index is 1.85. The van der Waals surface area contributed by atoms with Crippen molar-refractivity contribution in [2.75, 3.05) is 11.6 Å². The fraction of sp³-hybridized carbons (Fsp3) is 0.133. The first-order chi connectivity index (χ1) is 11.7. The van der Waals surface area contributed by atoms with Crippen LogP contribution in [0.3, 0.4) is 0 Å². The number of aromatic nitrogens is 3. The maximum Gasteiger partial charge on any atom is 0.259 e. The molecule has 130 valence electrons. The molecule has 7 nitrogen and oxygen atoms in total. The minimum Gasteiger partial charge on any atom is -0.298 e. The van der Waals surface area contributed by atoms with Crippen LogP contribution in [0.5, 0.6) is 0 Å². The highest BCUT2D eigenvalue weighted by molar-refractivity contribution is 7.90. The van der Waals surface area contributed by atoms with Gasteiger partial charge in [0.05, 0.1) is 27.4 Å². The van der Waals surface area contributed by atoms with Gasteiger partial charge in [0, 0.05) is 30.4 Å². The number of sulfone groups is 1. The van der Waals surface area contributed by atoms with Gasteiger partial charge in [0.25, 0.3) is 5.91 Å². The smallest absolute Gasteiger partial charge is 0.259 e. The number of amides is 1. The SMILES string of the molecule is Cn1cc(-c2csc(NC(=O)c3cc(S(C)(=O)=O)ccc3Cl)n2)cn1. The minimum absolute atomic E-state index is 0.0252. The normalized spacial score (nSPS) is 11.5. The van der Waals surface area contributed by atoms with Crippen molar-refractivity contribution >= 4 is 43.8 Å². The zero-order chi connectivity index (χ0) is 18.2. The van der Waals surface area contributed by atoms with Crippen LogP contribution in [0.1, 0.15) is 10.4 Å². The van der Waals surface area contributed by atoms with E-state index in [0.717, 1.165) is 11.8 Å². The molecular weight excluding hydrogens is 384 g/mol. The van der Waals surface area contributed by atoms with Crippen LogP contribution >= 0.6 is 22.9 Å². The van der Waals surface area contributed by atoms with Crippen molar-refractivity contribution in [2.45, 2.75) is 4.90 Å². The first-order valence-corrected chi connectivity index (χ1v) is 10.1. The monoisotopic (exact) mass is 396 g/mol. The molecule has 0 saturated heterocycles. The lowest BCUT2D eigenvalue weighted by atomic mass is 10.2. The van der Waals surface area contributed by atoms with Gasteiger partial charge < -0.3 is 0 Å². The van der Waals surface area contributed by atoms with Crippen molar-refractivity contribution in [1.82, 2.24) is 14.8 Å². The number of carbonyl (C=O) groups is 1. The Hall–Kier alpha value is -2.23. The van der Waals surface area contributed by atoms with Crippen LogP contribution in [0.2, 0.25) is 5.02 Å². The molecule has 0 unspecified atom stereocenters. The van der Waals surface area contributed by atoms with Gasteiger partial charge in [0.15, 0.2) is 15.0 Å². The van der Waals surface area contributed by atoms with Crippen molar-refractivity contribution in [3.8, 4) is 11.3 Å². The Morgan fingerprint density at radius 3 is 2.76 bits per heavy atom. The quantitative estimate of drug-likeness (QED) is 0.731. The molecule has 1 aromatic carbocycles. The number of anilines is 1. The second-order valence-corrected chi connectivity index (χ2v) is 8.59. The summed E-state index contributed by atoms with van der Waals surface area (Å²) in [5.74, 6) is -0.525. The zero-order valence-corrected chi connectivity index (χ0v) is 15.6. The number of carbonyl (C=O) groups excluding carboxylic acids is 1. The highest BCUT2D eigenvalue weighted by atomic mass is 35.5. The van der Waals surface area contributed by atoms with Crippen molar-refractivity contribution in [3.05, 3.63) is 46.6 Å². The summed E-state index contributed by atoms with van der Waals surface area (Å²) in [4.78, 5) is 16.8. The molecule has 1 amide bonds. The molecule has 0 aliphatic rings. The predicted octanol–water partition coefficient (Wildman–Crippen LogP) is 2.85. The molecule has 0 aliphatic carbocycles. The third-order valence-corrected chi connectivity index (χ3v) is 5.53. The molecule has 3 rings (SSSR count). The van der Waals surface area contributed by atoms with Crippen LogP contribution in [-0.4, -0.2) is 35.3 Å². The number of benzene rings is 1. The van der Waals surface area contributed by atoms with Crippen LogP contribution < -0.4 is 5.32 Å². The average molecular weight is 397 g/mol. The number of hydrogen-bond acceptors (Lipinski definition) is 6. The summed E-state index contributed by atoms with van der Waals surface area (Å²) >= 11 is 7.28. The lowest BCUT2D eigenvalue weighted by Crippen LogP contribution is -2.13. The largest absolute Gasteiger partial charge is 0.298 e. The maximum absolute atomic E-state index is 12.4. The Kier molecular flexibility index (Phi) is 4.63. The number of thiazole rings is 1. The van der Waals surface area contributed by atoms with E-state index in [1.807, 2.05) is 6.20 Å². The van der Waals surface area contributed by atoms with Gasteiger partial charge in [-0.25, -0.2) is 13.4 Å². The second kappa shape index (κ2) is 6.58. The maximum atomic E-state index is 12.4. The highest BCUT2D eigenvalue weighted by Crippen LogP contribution is 2.26. The van der Waals surface area contributed by atoms with Gasteiger partial charge in [0.1, 0.15) is 0 Å². The van der Waals surface area contributed by atoms with Crippen molar-refractivity contribution < 1.29 is 13.2 Å². The molecule has 2 heterocycles. The van der Waals surface area contributed by atoms with Gasteiger partial charge >= 0.3 is 0 Å². The molecule has 1 N–H and O–H groups in total. The van der Waals surface area contributed by atoms with Crippen LogP contribution in [0.15, 0.2) is 40.9 Å². The number of nitrogens with one attached hydrogen (secondary N) is 1. The highest BCUT2D eigenvalue weighted by Gasteiger charge is 2.17. The minimum atomic E-state index is -3.44. The lowest BCUT2D eigenvalue weighted by Gasteiger charge is -2.06. The molecule has 0 saturated carbocycles. The van der Waals surface area contributed by atoms with Crippen LogP contribution in [-0.2, 0) is 16.9 Å². The topological polar surface area (TPSA) is 94.0 Å². The number of aryl methyl sites for hydroxylation is 1. The lowest BCUT2D eigenvalue weighted by molar-refractivity contribution is 0.102. The molecule has 10 heteroatoms. The van der Waals surface area contributed by atoms with Crippen LogP contribution in [0.4, 0.5) is 5.13 Å². The third-order valence-electron chi connectivity index (χ3n) is 3.34. The Bertz CT molecular complexity index is 1060. The molecular formula is C15H13ClN4O3S2. The van der Waals surface area contributed by atoms with Crippen molar-refractivity contribution in [2.24, 2.45) is 7.05 Å². The second-order valence-electron chi connectivity index (χ2n) is 5.31. The molecule has 3 aromatic rings. The Morgan fingerprint density at radius 2 is 2.12 bits per heavy atom. The van der Waals surface area contributed by atoms with Gasteiger partial charge in [0.2, 0.25) is 0 Å². The van der Waals surface area contributed by atoms with Crippen molar-refractivity contribution in [3.63, 3.8) is 0 Å². The van der Waals surface area contributed by atoms with Gasteiger partial charge in [-0.2, -0.15) is 5.10 Å². The standard InChI is InChI=1S/C15H13ClN4O3S2/c1-20-7-9(6-17-20)13-8-24-15(18-13)19-14(21)11-5-10(25(2,22)23)3-4-12(11)16/h3-8H,1-2H3,(H,18,19,21). The summed E-state index contributed by atoms with van der Waals surface area (Å²) in [6, 6.07) is 4.00. The number of rotatable bonds is 4. The van der Waals surface area contributed by atoms with Gasteiger partial charge in [-0.3, -0.25) is 14.8 Å². The summed E-state index contributed by atoms with van der Waals surface area (Å²) < 4.78 is 24.9. The summed E-state index contributed by atoms with van der Waals surface area (Å²) in [6.07, 6.45) is 4.55. The van der Waals surface area contributed by atoms with E-state index >= 15 is 0 Å². The van der Waals surface area contributed by atoms with Gasteiger partial charge in [-0.05, 0) is 18.2 Å². The van der Waals surface area contributed by atoms with E-state index in [0.29, 0.717) is 10.8 Å². The molecule has 25 heavy (non-hydrogen) atoms. The molecule has 0 aliphatic heterocycles. The molecule has 0 fully saturated rings. The summed E-state index contributed by atoms with van der Waals surface area (Å²) in [6.45, 7) is 0. The third kappa shape index (κ3) is 3.89. The molecule has 2 aromatic heterocycles.